The topological polar surface area (TPSA) is 70.3 Å². The van der Waals surface area contributed by atoms with E-state index < -0.39 is 0 Å². The van der Waals surface area contributed by atoms with Crippen LogP contribution in [-0.2, 0) is 4.74 Å². The van der Waals surface area contributed by atoms with Gasteiger partial charge in [0.25, 0.3) is 5.91 Å². The van der Waals surface area contributed by atoms with Crippen LogP contribution in [-0.4, -0.2) is 74.7 Å². The molecular formula is C19H31IN4O3. The molecule has 1 aliphatic heterocycles. The van der Waals surface area contributed by atoms with Gasteiger partial charge in [-0.15, -0.1) is 24.0 Å². The minimum Gasteiger partial charge on any atom is -0.459 e. The van der Waals surface area contributed by atoms with Crippen LogP contribution in [0.25, 0.3) is 0 Å². The van der Waals surface area contributed by atoms with Gasteiger partial charge in [-0.3, -0.25) is 9.79 Å². The number of hydrogen-bond acceptors (Lipinski definition) is 4. The second kappa shape index (κ2) is 10.3. The average Bonchev–Trinajstić information content (AvgIpc) is 3.22. The molecule has 0 bridgehead atoms. The van der Waals surface area contributed by atoms with Crippen molar-refractivity contribution in [1.82, 2.24) is 15.1 Å². The summed E-state index contributed by atoms with van der Waals surface area (Å²) in [5.74, 6) is 1.30. The Morgan fingerprint density at radius 3 is 2.56 bits per heavy atom. The highest BCUT2D eigenvalue weighted by atomic mass is 127. The Morgan fingerprint density at radius 2 is 2.00 bits per heavy atom. The van der Waals surface area contributed by atoms with Crippen molar-refractivity contribution < 1.29 is 13.9 Å². The van der Waals surface area contributed by atoms with Crippen LogP contribution in [0.5, 0.6) is 0 Å². The molecule has 1 aromatic rings. The largest absolute Gasteiger partial charge is 0.459 e. The smallest absolute Gasteiger partial charge is 0.289 e. The first kappa shape index (κ1) is 22.0. The number of ether oxygens (including phenoxy) is 1. The number of halogens is 1. The van der Waals surface area contributed by atoms with E-state index in [9.17, 15) is 4.79 Å². The lowest BCUT2D eigenvalue weighted by Crippen LogP contribution is -2.54. The van der Waals surface area contributed by atoms with Gasteiger partial charge in [0.05, 0.1) is 6.26 Å². The van der Waals surface area contributed by atoms with E-state index in [-0.39, 0.29) is 29.9 Å². The van der Waals surface area contributed by atoms with Gasteiger partial charge in [0.15, 0.2) is 11.7 Å². The van der Waals surface area contributed by atoms with Crippen molar-refractivity contribution in [3.63, 3.8) is 0 Å². The number of rotatable bonds is 7. The van der Waals surface area contributed by atoms with Gasteiger partial charge in [0.1, 0.15) is 0 Å². The molecule has 2 heterocycles. The molecule has 3 rings (SSSR count). The minimum absolute atomic E-state index is 0. The van der Waals surface area contributed by atoms with Crippen LogP contribution in [0.15, 0.2) is 27.8 Å². The first-order valence-corrected chi connectivity index (χ1v) is 9.53. The fourth-order valence-electron chi connectivity index (χ4n) is 3.40. The summed E-state index contributed by atoms with van der Waals surface area (Å²) in [6.45, 7) is 7.51. The van der Waals surface area contributed by atoms with Gasteiger partial charge < -0.3 is 24.3 Å². The van der Waals surface area contributed by atoms with Crippen molar-refractivity contribution in [3.05, 3.63) is 24.2 Å². The zero-order chi connectivity index (χ0) is 18.4. The van der Waals surface area contributed by atoms with E-state index >= 15 is 0 Å². The van der Waals surface area contributed by atoms with Gasteiger partial charge in [-0.25, -0.2) is 0 Å². The molecule has 8 heteroatoms. The number of furan rings is 1. The summed E-state index contributed by atoms with van der Waals surface area (Å²) in [4.78, 5) is 20.9. The summed E-state index contributed by atoms with van der Waals surface area (Å²) in [6.07, 6.45) is 5.16. The number of amides is 1. The molecular weight excluding hydrogens is 459 g/mol. The summed E-state index contributed by atoms with van der Waals surface area (Å²) < 4.78 is 10.7. The van der Waals surface area contributed by atoms with E-state index in [0.29, 0.717) is 24.3 Å². The molecule has 1 saturated heterocycles. The summed E-state index contributed by atoms with van der Waals surface area (Å²) in [5.41, 5.74) is 0.377. The molecule has 7 nitrogen and oxygen atoms in total. The lowest BCUT2D eigenvalue weighted by atomic mass is 10.0. The highest BCUT2D eigenvalue weighted by Gasteiger charge is 2.42. The van der Waals surface area contributed by atoms with Gasteiger partial charge in [-0.2, -0.15) is 0 Å². The maximum absolute atomic E-state index is 12.4. The molecule has 0 aromatic carbocycles. The molecule has 27 heavy (non-hydrogen) atoms. The number of piperazine rings is 1. The van der Waals surface area contributed by atoms with Crippen LogP contribution in [0.4, 0.5) is 0 Å². The molecule has 1 N–H and O–H groups in total. The standard InChI is InChI=1S/C19H30N4O3.HI/c1-3-25-14-8-19(6-7-19)15-21-18(20-2)23-11-9-22(10-12-23)17(24)16-5-4-13-26-16;/h4-5,13H,3,6-12,14-15H2,1-2H3,(H,20,21);1H. The van der Waals surface area contributed by atoms with E-state index in [4.69, 9.17) is 9.15 Å². The number of nitrogens with one attached hydrogen (secondary N) is 1. The average molecular weight is 490 g/mol. The van der Waals surface area contributed by atoms with Crippen molar-refractivity contribution in [2.45, 2.75) is 26.2 Å². The summed E-state index contributed by atoms with van der Waals surface area (Å²) in [6, 6.07) is 3.46. The molecule has 2 aliphatic rings. The van der Waals surface area contributed by atoms with E-state index in [0.717, 1.165) is 45.2 Å². The molecule has 152 valence electrons. The second-order valence-electron chi connectivity index (χ2n) is 7.10. The van der Waals surface area contributed by atoms with E-state index in [2.05, 4.69) is 15.2 Å². The van der Waals surface area contributed by atoms with Crippen molar-refractivity contribution in [2.75, 3.05) is 53.0 Å². The fourth-order valence-corrected chi connectivity index (χ4v) is 3.40. The first-order chi connectivity index (χ1) is 12.7. The van der Waals surface area contributed by atoms with Crippen LogP contribution in [0.3, 0.4) is 0 Å². The maximum Gasteiger partial charge on any atom is 0.289 e. The Bertz CT molecular complexity index is 608. The summed E-state index contributed by atoms with van der Waals surface area (Å²) in [5, 5.41) is 3.54. The lowest BCUT2D eigenvalue weighted by molar-refractivity contribution is 0.0657. The van der Waals surface area contributed by atoms with Crippen LogP contribution in [0.2, 0.25) is 0 Å². The summed E-state index contributed by atoms with van der Waals surface area (Å²) >= 11 is 0. The molecule has 0 spiro atoms. The zero-order valence-electron chi connectivity index (χ0n) is 16.3. The summed E-state index contributed by atoms with van der Waals surface area (Å²) in [7, 11) is 1.82. The predicted molar refractivity (Wildman–Crippen MR) is 116 cm³/mol. The predicted octanol–water partition coefficient (Wildman–Crippen LogP) is 2.44. The number of carbonyl (C=O) groups is 1. The van der Waals surface area contributed by atoms with Gasteiger partial charge in [0.2, 0.25) is 0 Å². The molecule has 1 aromatic heterocycles. The third-order valence-electron chi connectivity index (χ3n) is 5.37. The van der Waals surface area contributed by atoms with Gasteiger partial charge >= 0.3 is 0 Å². The monoisotopic (exact) mass is 490 g/mol. The molecule has 2 fully saturated rings. The maximum atomic E-state index is 12.4. The highest BCUT2D eigenvalue weighted by Crippen LogP contribution is 2.48. The van der Waals surface area contributed by atoms with Gasteiger partial charge in [0, 0.05) is 53.0 Å². The second-order valence-corrected chi connectivity index (χ2v) is 7.10. The highest BCUT2D eigenvalue weighted by molar-refractivity contribution is 14.0. The quantitative estimate of drug-likeness (QED) is 0.275. The third-order valence-corrected chi connectivity index (χ3v) is 5.37. The SMILES string of the molecule is CCOCCC1(CNC(=NC)N2CCN(C(=O)c3ccco3)CC2)CC1.I. The number of nitrogens with zero attached hydrogens (tertiary/aromatic N) is 3. The van der Waals surface area contributed by atoms with Crippen molar-refractivity contribution in [3.8, 4) is 0 Å². The molecule has 1 aliphatic carbocycles. The Kier molecular flexibility index (Phi) is 8.40. The van der Waals surface area contributed by atoms with Crippen LogP contribution in [0.1, 0.15) is 36.7 Å². The van der Waals surface area contributed by atoms with Gasteiger partial charge in [-0.1, -0.05) is 0 Å². The van der Waals surface area contributed by atoms with Crippen LogP contribution >= 0.6 is 24.0 Å². The lowest BCUT2D eigenvalue weighted by Gasteiger charge is -2.36. The van der Waals surface area contributed by atoms with Gasteiger partial charge in [-0.05, 0) is 43.7 Å². The Labute approximate surface area is 178 Å². The van der Waals surface area contributed by atoms with Crippen LogP contribution < -0.4 is 5.32 Å². The Morgan fingerprint density at radius 1 is 1.30 bits per heavy atom. The Balaban J connectivity index is 0.00000261. The number of hydrogen-bond donors (Lipinski definition) is 1. The van der Waals surface area contributed by atoms with Crippen molar-refractivity contribution >= 4 is 35.8 Å². The molecule has 0 unspecified atom stereocenters. The molecule has 0 atom stereocenters. The molecule has 0 radical (unpaired) electrons. The molecule has 1 amide bonds. The zero-order valence-corrected chi connectivity index (χ0v) is 18.6. The fraction of sp³-hybridized carbons (Fsp3) is 0.684. The normalized spacial score (nSPS) is 18.8. The van der Waals surface area contributed by atoms with Crippen LogP contribution in [0, 0.1) is 5.41 Å². The molecule has 1 saturated carbocycles. The third kappa shape index (κ3) is 5.84. The number of aliphatic imine (C=N–C) groups is 1. The minimum atomic E-state index is -0.0366. The van der Waals surface area contributed by atoms with E-state index in [1.165, 1.54) is 19.1 Å². The number of guanidine groups is 1. The van der Waals surface area contributed by atoms with E-state index in [1.807, 2.05) is 18.9 Å². The Hall–Kier alpha value is -1.29. The van der Waals surface area contributed by atoms with Crippen molar-refractivity contribution in [2.24, 2.45) is 10.4 Å². The van der Waals surface area contributed by atoms with E-state index in [1.54, 1.807) is 12.1 Å². The first-order valence-electron chi connectivity index (χ1n) is 9.53. The van der Waals surface area contributed by atoms with Crippen molar-refractivity contribution in [1.29, 1.82) is 0 Å². The number of carbonyl (C=O) groups excluding carboxylic acids is 1.